The number of carbonyl (C=O) groups is 2. The van der Waals surface area contributed by atoms with Crippen LogP contribution in [0.2, 0.25) is 5.02 Å². The van der Waals surface area contributed by atoms with Crippen molar-refractivity contribution in [1.82, 2.24) is 4.90 Å². The molecule has 1 amide bonds. The fourth-order valence-electron chi connectivity index (χ4n) is 1.77. The average Bonchev–Trinajstić information content (AvgIpc) is 2.81. The molecule has 2 rings (SSSR count). The van der Waals surface area contributed by atoms with Gasteiger partial charge in [0.1, 0.15) is 6.04 Å². The largest absolute Gasteiger partial charge is 0.480 e. The number of thioether (sulfide) groups is 1. The second-order valence-electron chi connectivity index (χ2n) is 4.02. The van der Waals surface area contributed by atoms with Crippen LogP contribution in [0.15, 0.2) is 24.3 Å². The monoisotopic (exact) mass is 285 g/mol. The van der Waals surface area contributed by atoms with E-state index in [-0.39, 0.29) is 12.3 Å². The summed E-state index contributed by atoms with van der Waals surface area (Å²) in [6.45, 7) is 0. The number of hydrogen-bond donors (Lipinski definition) is 1. The molecule has 0 spiro atoms. The summed E-state index contributed by atoms with van der Waals surface area (Å²) in [4.78, 5) is 24.4. The predicted octanol–water partition coefficient (Wildman–Crippen LogP) is 1.87. The lowest BCUT2D eigenvalue weighted by atomic mass is 10.1. The molecule has 18 heavy (non-hydrogen) atoms. The van der Waals surface area contributed by atoms with Gasteiger partial charge in [0.2, 0.25) is 5.91 Å². The topological polar surface area (TPSA) is 57.6 Å². The second kappa shape index (κ2) is 5.63. The zero-order valence-electron chi connectivity index (χ0n) is 9.51. The summed E-state index contributed by atoms with van der Waals surface area (Å²) < 4.78 is 0. The standard InChI is InChI=1S/C12H12ClNO3S/c13-9-3-1-8(2-4-9)5-11(15)14-7-18-6-10(14)12(16)17/h1-4,10H,5-7H2,(H,16,17)/t10-/m0/s1. The highest BCUT2D eigenvalue weighted by Crippen LogP contribution is 2.22. The molecule has 1 atom stereocenters. The number of rotatable bonds is 3. The van der Waals surface area contributed by atoms with Crippen molar-refractivity contribution in [3.8, 4) is 0 Å². The van der Waals surface area contributed by atoms with Crippen LogP contribution in [0.5, 0.6) is 0 Å². The fourth-order valence-corrected chi connectivity index (χ4v) is 3.07. The van der Waals surface area contributed by atoms with Crippen molar-refractivity contribution >= 4 is 35.2 Å². The number of halogens is 1. The van der Waals surface area contributed by atoms with Crippen molar-refractivity contribution in [3.63, 3.8) is 0 Å². The Kier molecular flexibility index (Phi) is 4.14. The number of carboxylic acids is 1. The maximum absolute atomic E-state index is 12.0. The van der Waals surface area contributed by atoms with E-state index < -0.39 is 12.0 Å². The van der Waals surface area contributed by atoms with Gasteiger partial charge in [-0.05, 0) is 17.7 Å². The molecule has 0 bridgehead atoms. The SMILES string of the molecule is O=C(O)[C@@H]1CSCN1C(=O)Cc1ccc(Cl)cc1. The molecule has 1 fully saturated rings. The number of nitrogens with zero attached hydrogens (tertiary/aromatic N) is 1. The van der Waals surface area contributed by atoms with Crippen LogP contribution in [0.3, 0.4) is 0 Å². The molecule has 6 heteroatoms. The first kappa shape index (κ1) is 13.2. The van der Waals surface area contributed by atoms with E-state index in [9.17, 15) is 9.59 Å². The minimum Gasteiger partial charge on any atom is -0.480 e. The lowest BCUT2D eigenvalue weighted by Crippen LogP contribution is -2.42. The van der Waals surface area contributed by atoms with Crippen molar-refractivity contribution in [2.75, 3.05) is 11.6 Å². The van der Waals surface area contributed by atoms with E-state index in [0.717, 1.165) is 5.56 Å². The van der Waals surface area contributed by atoms with E-state index in [0.29, 0.717) is 16.7 Å². The third-order valence-corrected chi connectivity index (χ3v) is 4.02. The molecule has 1 aromatic rings. The summed E-state index contributed by atoms with van der Waals surface area (Å²) in [5.41, 5.74) is 0.838. The van der Waals surface area contributed by atoms with Crippen LogP contribution in [0.1, 0.15) is 5.56 Å². The minimum atomic E-state index is -0.940. The second-order valence-corrected chi connectivity index (χ2v) is 5.46. The molecule has 1 aliphatic rings. The quantitative estimate of drug-likeness (QED) is 0.921. The van der Waals surface area contributed by atoms with Gasteiger partial charge in [-0.25, -0.2) is 4.79 Å². The average molecular weight is 286 g/mol. The maximum atomic E-state index is 12.0. The Labute approximate surface area is 114 Å². The normalized spacial score (nSPS) is 18.9. The molecule has 1 heterocycles. The summed E-state index contributed by atoms with van der Waals surface area (Å²) >= 11 is 7.23. The zero-order chi connectivity index (χ0) is 13.1. The first-order valence-corrected chi connectivity index (χ1v) is 6.95. The number of amides is 1. The molecule has 1 saturated heterocycles. The van der Waals surface area contributed by atoms with E-state index in [1.807, 2.05) is 0 Å². The Balaban J connectivity index is 2.03. The first-order valence-electron chi connectivity index (χ1n) is 5.42. The summed E-state index contributed by atoms with van der Waals surface area (Å²) in [7, 11) is 0. The minimum absolute atomic E-state index is 0.158. The first-order chi connectivity index (χ1) is 8.58. The molecule has 1 aliphatic heterocycles. The Morgan fingerprint density at radius 1 is 1.39 bits per heavy atom. The van der Waals surface area contributed by atoms with Gasteiger partial charge in [-0.2, -0.15) is 0 Å². The molecule has 0 unspecified atom stereocenters. The Bertz CT molecular complexity index is 463. The third-order valence-electron chi connectivity index (χ3n) is 2.76. The van der Waals surface area contributed by atoms with Gasteiger partial charge in [0, 0.05) is 10.8 Å². The molecular formula is C12H12ClNO3S. The predicted molar refractivity (Wildman–Crippen MR) is 70.8 cm³/mol. The molecule has 0 saturated carbocycles. The number of carbonyl (C=O) groups excluding carboxylic acids is 1. The smallest absolute Gasteiger partial charge is 0.327 e. The van der Waals surface area contributed by atoms with Crippen molar-refractivity contribution in [2.24, 2.45) is 0 Å². The number of hydrogen-bond acceptors (Lipinski definition) is 3. The lowest BCUT2D eigenvalue weighted by molar-refractivity contribution is -0.147. The third kappa shape index (κ3) is 2.97. The molecule has 0 aliphatic carbocycles. The van der Waals surface area contributed by atoms with Gasteiger partial charge < -0.3 is 10.0 Å². The van der Waals surface area contributed by atoms with Gasteiger partial charge in [0.05, 0.1) is 12.3 Å². The maximum Gasteiger partial charge on any atom is 0.327 e. The summed E-state index contributed by atoms with van der Waals surface area (Å²) in [6.07, 6.45) is 0.210. The Morgan fingerprint density at radius 2 is 2.06 bits per heavy atom. The molecule has 1 N–H and O–H groups in total. The van der Waals surface area contributed by atoms with Gasteiger partial charge in [0.25, 0.3) is 0 Å². The van der Waals surface area contributed by atoms with Crippen LogP contribution in [-0.4, -0.2) is 39.6 Å². The molecule has 96 valence electrons. The Hall–Kier alpha value is -1.20. The fraction of sp³-hybridized carbons (Fsp3) is 0.333. The van der Waals surface area contributed by atoms with Crippen LogP contribution in [0.25, 0.3) is 0 Å². The van der Waals surface area contributed by atoms with E-state index in [1.165, 1.54) is 16.7 Å². The highest BCUT2D eigenvalue weighted by Gasteiger charge is 2.34. The summed E-state index contributed by atoms with van der Waals surface area (Å²) in [6, 6.07) is 6.29. The van der Waals surface area contributed by atoms with Gasteiger partial charge in [-0.3, -0.25) is 4.79 Å². The highest BCUT2D eigenvalue weighted by atomic mass is 35.5. The van der Waals surface area contributed by atoms with Crippen molar-refractivity contribution in [1.29, 1.82) is 0 Å². The van der Waals surface area contributed by atoms with Crippen LogP contribution in [-0.2, 0) is 16.0 Å². The van der Waals surface area contributed by atoms with Crippen molar-refractivity contribution in [2.45, 2.75) is 12.5 Å². The molecule has 0 radical (unpaired) electrons. The molecule has 4 nitrogen and oxygen atoms in total. The van der Waals surface area contributed by atoms with E-state index in [2.05, 4.69) is 0 Å². The molecule has 1 aromatic carbocycles. The summed E-state index contributed by atoms with van der Waals surface area (Å²) in [5, 5.41) is 9.63. The number of carboxylic acid groups (broad SMARTS) is 1. The highest BCUT2D eigenvalue weighted by molar-refractivity contribution is 7.99. The Morgan fingerprint density at radius 3 is 2.67 bits per heavy atom. The number of benzene rings is 1. The summed E-state index contributed by atoms with van der Waals surface area (Å²) in [5.74, 6) is -0.190. The van der Waals surface area contributed by atoms with E-state index >= 15 is 0 Å². The number of aliphatic carboxylic acids is 1. The molecular weight excluding hydrogens is 274 g/mol. The van der Waals surface area contributed by atoms with Crippen LogP contribution >= 0.6 is 23.4 Å². The zero-order valence-corrected chi connectivity index (χ0v) is 11.1. The van der Waals surface area contributed by atoms with Gasteiger partial charge in [0.15, 0.2) is 0 Å². The molecule has 0 aromatic heterocycles. The van der Waals surface area contributed by atoms with Crippen molar-refractivity contribution < 1.29 is 14.7 Å². The van der Waals surface area contributed by atoms with Crippen LogP contribution < -0.4 is 0 Å². The van der Waals surface area contributed by atoms with Crippen LogP contribution in [0.4, 0.5) is 0 Å². The lowest BCUT2D eigenvalue weighted by Gasteiger charge is -2.20. The van der Waals surface area contributed by atoms with Gasteiger partial charge in [-0.15, -0.1) is 11.8 Å². The van der Waals surface area contributed by atoms with Gasteiger partial charge in [-0.1, -0.05) is 23.7 Å². The van der Waals surface area contributed by atoms with E-state index in [1.54, 1.807) is 24.3 Å². The van der Waals surface area contributed by atoms with E-state index in [4.69, 9.17) is 16.7 Å². The van der Waals surface area contributed by atoms with Gasteiger partial charge >= 0.3 is 5.97 Å². The van der Waals surface area contributed by atoms with Crippen molar-refractivity contribution in [3.05, 3.63) is 34.9 Å². The van der Waals surface area contributed by atoms with Crippen LogP contribution in [0, 0.1) is 0 Å².